The minimum absolute atomic E-state index is 0.571. The van der Waals surface area contributed by atoms with Gasteiger partial charge in [0.15, 0.2) is 5.65 Å². The Hall–Kier alpha value is -1.62. The third-order valence-electron chi connectivity index (χ3n) is 5.11. The average Bonchev–Trinajstić information content (AvgIpc) is 2.95. The Morgan fingerprint density at radius 2 is 1.92 bits per heavy atom. The van der Waals surface area contributed by atoms with E-state index in [9.17, 15) is 0 Å². The van der Waals surface area contributed by atoms with Gasteiger partial charge in [0.1, 0.15) is 5.82 Å². The first-order valence-corrected chi connectivity index (χ1v) is 9.22. The summed E-state index contributed by atoms with van der Waals surface area (Å²) >= 11 is 0. The van der Waals surface area contributed by atoms with Gasteiger partial charge in [0.2, 0.25) is 0 Å². The lowest BCUT2D eigenvalue weighted by Crippen LogP contribution is -2.29. The summed E-state index contributed by atoms with van der Waals surface area (Å²) in [6, 6.07) is 5.07. The molecule has 0 atom stereocenters. The molecule has 0 saturated heterocycles. The van der Waals surface area contributed by atoms with E-state index in [0.29, 0.717) is 17.9 Å². The third kappa shape index (κ3) is 3.56. The summed E-state index contributed by atoms with van der Waals surface area (Å²) in [4.78, 5) is 7.12. The van der Waals surface area contributed by atoms with Gasteiger partial charge in [-0.1, -0.05) is 13.8 Å². The van der Waals surface area contributed by atoms with Gasteiger partial charge in [0.05, 0.1) is 5.69 Å². The van der Waals surface area contributed by atoms with Gasteiger partial charge in [0, 0.05) is 43.9 Å². The Morgan fingerprint density at radius 3 is 2.50 bits per heavy atom. The van der Waals surface area contributed by atoms with E-state index in [1.807, 2.05) is 4.52 Å². The first-order valence-electron chi connectivity index (χ1n) is 9.22. The van der Waals surface area contributed by atoms with Crippen molar-refractivity contribution in [1.82, 2.24) is 19.9 Å². The zero-order chi connectivity index (χ0) is 17.3. The molecular weight excluding hydrogens is 298 g/mol. The van der Waals surface area contributed by atoms with Crippen LogP contribution in [-0.2, 0) is 6.42 Å². The summed E-state index contributed by atoms with van der Waals surface area (Å²) < 4.78 is 2.00. The topological polar surface area (TPSA) is 45.5 Å². The lowest BCUT2D eigenvalue weighted by molar-refractivity contribution is 0.355. The van der Waals surface area contributed by atoms with Crippen molar-refractivity contribution in [3.05, 3.63) is 23.5 Å². The standard InChI is InChI=1S/C19H31N5/c1-13(2)10-16-11-18-21-17(12-19(23(4)5)24(18)22-16)14-6-8-15(20-3)9-7-14/h11-15,20H,6-10H2,1-5H3. The summed E-state index contributed by atoms with van der Waals surface area (Å²) in [5.74, 6) is 2.30. The Kier molecular flexibility index (Phi) is 5.09. The quantitative estimate of drug-likeness (QED) is 0.915. The van der Waals surface area contributed by atoms with Crippen LogP contribution in [0.5, 0.6) is 0 Å². The number of nitrogens with zero attached hydrogens (tertiary/aromatic N) is 4. The number of rotatable bonds is 5. The second-order valence-electron chi connectivity index (χ2n) is 7.77. The van der Waals surface area contributed by atoms with Gasteiger partial charge in [-0.25, -0.2) is 4.98 Å². The van der Waals surface area contributed by atoms with Crippen molar-refractivity contribution in [1.29, 1.82) is 0 Å². The van der Waals surface area contributed by atoms with Gasteiger partial charge in [-0.2, -0.15) is 9.61 Å². The van der Waals surface area contributed by atoms with Crippen molar-refractivity contribution >= 4 is 11.5 Å². The molecule has 1 aliphatic rings. The zero-order valence-electron chi connectivity index (χ0n) is 15.7. The predicted octanol–water partition coefficient (Wildman–Crippen LogP) is 3.24. The Morgan fingerprint density at radius 1 is 1.21 bits per heavy atom. The van der Waals surface area contributed by atoms with Crippen molar-refractivity contribution in [2.75, 3.05) is 26.0 Å². The van der Waals surface area contributed by atoms with Crippen molar-refractivity contribution < 1.29 is 0 Å². The summed E-state index contributed by atoms with van der Waals surface area (Å²) in [6.45, 7) is 4.46. The van der Waals surface area contributed by atoms with Crippen LogP contribution in [0, 0.1) is 5.92 Å². The van der Waals surface area contributed by atoms with E-state index in [4.69, 9.17) is 10.1 Å². The molecule has 3 rings (SSSR count). The van der Waals surface area contributed by atoms with Gasteiger partial charge in [-0.15, -0.1) is 0 Å². The van der Waals surface area contributed by atoms with Crippen LogP contribution in [0.1, 0.15) is 56.8 Å². The van der Waals surface area contributed by atoms with Crippen molar-refractivity contribution in [2.45, 2.75) is 57.9 Å². The molecule has 0 bridgehead atoms. The van der Waals surface area contributed by atoms with Crippen LogP contribution < -0.4 is 10.2 Å². The third-order valence-corrected chi connectivity index (χ3v) is 5.11. The second kappa shape index (κ2) is 7.09. The van der Waals surface area contributed by atoms with Crippen LogP contribution in [0.15, 0.2) is 12.1 Å². The van der Waals surface area contributed by atoms with Crippen molar-refractivity contribution in [3.63, 3.8) is 0 Å². The molecular formula is C19H31N5. The van der Waals surface area contributed by atoms with Gasteiger partial charge in [0.25, 0.3) is 0 Å². The summed E-state index contributed by atoms with van der Waals surface area (Å²) in [6.07, 6.45) is 5.91. The lowest BCUT2D eigenvalue weighted by atomic mass is 9.84. The van der Waals surface area contributed by atoms with Crippen molar-refractivity contribution in [2.24, 2.45) is 5.92 Å². The Balaban J connectivity index is 1.94. The molecule has 0 unspecified atom stereocenters. The maximum absolute atomic E-state index is 4.97. The highest BCUT2D eigenvalue weighted by molar-refractivity contribution is 5.52. The van der Waals surface area contributed by atoms with Gasteiger partial charge >= 0.3 is 0 Å². The number of fused-ring (bicyclic) bond motifs is 1. The highest BCUT2D eigenvalue weighted by Gasteiger charge is 2.24. The molecule has 132 valence electrons. The van der Waals surface area contributed by atoms with Crippen LogP contribution in [0.25, 0.3) is 5.65 Å². The summed E-state index contributed by atoms with van der Waals surface area (Å²) in [5.41, 5.74) is 3.36. The lowest BCUT2D eigenvalue weighted by Gasteiger charge is -2.28. The molecule has 1 fully saturated rings. The van der Waals surface area contributed by atoms with E-state index in [-0.39, 0.29) is 0 Å². The SMILES string of the molecule is CNC1CCC(c2cc(N(C)C)n3nc(CC(C)C)cc3n2)CC1. The number of anilines is 1. The first kappa shape index (κ1) is 17.2. The molecule has 1 saturated carbocycles. The number of hydrogen-bond donors (Lipinski definition) is 1. The van der Waals surface area contributed by atoms with Crippen LogP contribution >= 0.6 is 0 Å². The minimum atomic E-state index is 0.571. The van der Waals surface area contributed by atoms with Gasteiger partial charge < -0.3 is 10.2 Å². The van der Waals surface area contributed by atoms with Crippen molar-refractivity contribution in [3.8, 4) is 0 Å². The number of hydrogen-bond acceptors (Lipinski definition) is 4. The molecule has 2 aromatic heterocycles. The van der Waals surface area contributed by atoms with E-state index in [1.165, 1.54) is 31.4 Å². The van der Waals surface area contributed by atoms with E-state index < -0.39 is 0 Å². The fraction of sp³-hybridized carbons (Fsp3) is 0.684. The molecule has 2 aromatic rings. The van der Waals surface area contributed by atoms with Crippen LogP contribution in [0.3, 0.4) is 0 Å². The molecule has 0 aromatic carbocycles. The normalized spacial score (nSPS) is 21.6. The Labute approximate surface area is 145 Å². The molecule has 5 nitrogen and oxygen atoms in total. The molecule has 24 heavy (non-hydrogen) atoms. The van der Waals surface area contributed by atoms with E-state index >= 15 is 0 Å². The fourth-order valence-corrected chi connectivity index (χ4v) is 3.75. The smallest absolute Gasteiger partial charge is 0.157 e. The number of aromatic nitrogens is 3. The van der Waals surface area contributed by atoms with E-state index in [0.717, 1.165) is 23.6 Å². The molecule has 1 N–H and O–H groups in total. The maximum atomic E-state index is 4.97. The molecule has 0 amide bonds. The molecule has 2 heterocycles. The maximum Gasteiger partial charge on any atom is 0.157 e. The second-order valence-corrected chi connectivity index (χ2v) is 7.77. The summed E-state index contributed by atoms with van der Waals surface area (Å²) in [7, 11) is 6.24. The van der Waals surface area contributed by atoms with Gasteiger partial charge in [-0.3, -0.25) is 0 Å². The molecule has 0 radical (unpaired) electrons. The molecule has 0 spiro atoms. The molecule has 5 heteroatoms. The Bertz CT molecular complexity index is 680. The van der Waals surface area contributed by atoms with Crippen LogP contribution in [-0.4, -0.2) is 41.8 Å². The molecule has 1 aliphatic carbocycles. The van der Waals surface area contributed by atoms with Gasteiger partial charge in [-0.05, 0) is 45.1 Å². The van der Waals surface area contributed by atoms with E-state index in [1.54, 1.807) is 0 Å². The summed E-state index contributed by atoms with van der Waals surface area (Å²) in [5, 5.41) is 8.20. The largest absolute Gasteiger partial charge is 0.363 e. The molecule has 0 aliphatic heterocycles. The highest BCUT2D eigenvalue weighted by Crippen LogP contribution is 2.33. The highest BCUT2D eigenvalue weighted by atomic mass is 15.3. The fourth-order valence-electron chi connectivity index (χ4n) is 3.75. The first-order chi connectivity index (χ1) is 11.5. The minimum Gasteiger partial charge on any atom is -0.363 e. The average molecular weight is 329 g/mol. The zero-order valence-corrected chi connectivity index (χ0v) is 15.7. The van der Waals surface area contributed by atoms with Crippen LogP contribution in [0.4, 0.5) is 5.82 Å². The monoisotopic (exact) mass is 329 g/mol. The van der Waals surface area contributed by atoms with E-state index in [2.05, 4.69) is 57.3 Å². The number of nitrogens with one attached hydrogen (secondary N) is 1. The van der Waals surface area contributed by atoms with Crippen LogP contribution in [0.2, 0.25) is 0 Å². The predicted molar refractivity (Wildman–Crippen MR) is 99.9 cm³/mol.